The van der Waals surface area contributed by atoms with E-state index >= 15 is 0 Å². The van der Waals surface area contributed by atoms with Gasteiger partial charge in [-0.25, -0.2) is 0 Å². The Balaban J connectivity index is 2.74. The molecule has 1 heterocycles. The van der Waals surface area contributed by atoms with Crippen LogP contribution in [0.5, 0.6) is 0 Å². The van der Waals surface area contributed by atoms with Crippen LogP contribution in [0.2, 0.25) is 0 Å². The number of aliphatic hydroxyl groups is 5. The lowest BCUT2D eigenvalue weighted by Crippen LogP contribution is -2.71. The third-order valence-electron chi connectivity index (χ3n) is 2.88. The van der Waals surface area contributed by atoms with Crippen molar-refractivity contribution >= 4 is 11.8 Å². The molecule has 20 heavy (non-hydrogen) atoms. The van der Waals surface area contributed by atoms with E-state index in [-0.39, 0.29) is 12.8 Å². The van der Waals surface area contributed by atoms with E-state index in [0.717, 1.165) is 0 Å². The molecule has 1 aliphatic rings. The lowest BCUT2D eigenvalue weighted by Gasteiger charge is -2.45. The summed E-state index contributed by atoms with van der Waals surface area (Å²) in [5.41, 5.74) is 4.85. The molecule has 1 aliphatic heterocycles. The first-order chi connectivity index (χ1) is 9.21. The van der Waals surface area contributed by atoms with Crippen molar-refractivity contribution < 1.29 is 39.9 Å². The first-order valence-electron chi connectivity index (χ1n) is 5.86. The van der Waals surface area contributed by atoms with Crippen molar-refractivity contribution in [3.8, 4) is 0 Å². The summed E-state index contributed by atoms with van der Waals surface area (Å²) in [4.78, 5) is 22.0. The molecule has 1 rings (SSSR count). The van der Waals surface area contributed by atoms with Gasteiger partial charge >= 0.3 is 0 Å². The van der Waals surface area contributed by atoms with Crippen LogP contribution >= 0.6 is 0 Å². The van der Waals surface area contributed by atoms with E-state index in [1.165, 1.54) is 0 Å². The number of nitrogens with one attached hydrogen (secondary N) is 1. The minimum Gasteiger partial charge on any atom is -0.394 e. The summed E-state index contributed by atoms with van der Waals surface area (Å²) in [5, 5.41) is 49.4. The minimum atomic E-state index is -2.69. The zero-order valence-electron chi connectivity index (χ0n) is 10.5. The van der Waals surface area contributed by atoms with E-state index in [4.69, 9.17) is 15.6 Å². The molecule has 1 fully saturated rings. The van der Waals surface area contributed by atoms with Gasteiger partial charge in [-0.05, 0) is 0 Å². The highest BCUT2D eigenvalue weighted by Crippen LogP contribution is 2.26. The summed E-state index contributed by atoms with van der Waals surface area (Å²) in [7, 11) is 0. The van der Waals surface area contributed by atoms with Crippen LogP contribution in [0.1, 0.15) is 12.8 Å². The maximum absolute atomic E-state index is 11.5. The van der Waals surface area contributed by atoms with Gasteiger partial charge in [0.1, 0.15) is 18.3 Å². The molecule has 5 atom stereocenters. The Hall–Kier alpha value is -1.30. The second kappa shape index (κ2) is 6.43. The number of rotatable bonds is 5. The fourth-order valence-corrected chi connectivity index (χ4v) is 1.76. The van der Waals surface area contributed by atoms with Crippen molar-refractivity contribution in [1.29, 1.82) is 0 Å². The van der Waals surface area contributed by atoms with Gasteiger partial charge in [-0.2, -0.15) is 0 Å². The van der Waals surface area contributed by atoms with Gasteiger partial charge in [-0.1, -0.05) is 0 Å². The summed E-state index contributed by atoms with van der Waals surface area (Å²) in [6.07, 6.45) is -7.59. The highest BCUT2D eigenvalue weighted by Gasteiger charge is 2.53. The predicted molar refractivity (Wildman–Crippen MR) is 61.5 cm³/mol. The number of amides is 2. The maximum atomic E-state index is 11.5. The van der Waals surface area contributed by atoms with Crippen molar-refractivity contribution in [3.05, 3.63) is 0 Å². The van der Waals surface area contributed by atoms with E-state index in [1.54, 1.807) is 0 Å². The fourth-order valence-electron chi connectivity index (χ4n) is 1.76. The molecule has 0 saturated carbocycles. The number of hydrogen-bond acceptors (Lipinski definition) is 8. The van der Waals surface area contributed by atoms with Gasteiger partial charge in [-0.3, -0.25) is 9.59 Å². The first-order valence-corrected chi connectivity index (χ1v) is 5.86. The SMILES string of the molecule is NC(=O)CCC(=O)N[C@@]1(O)O[C@H](CO)[C@H](O)[C@H](O)[C@H]1O. The van der Waals surface area contributed by atoms with E-state index in [2.05, 4.69) is 0 Å². The Labute approximate surface area is 113 Å². The van der Waals surface area contributed by atoms with Crippen molar-refractivity contribution in [2.45, 2.75) is 43.2 Å². The third-order valence-corrected chi connectivity index (χ3v) is 2.88. The van der Waals surface area contributed by atoms with Crippen LogP contribution in [0.3, 0.4) is 0 Å². The normalized spacial score (nSPS) is 37.5. The van der Waals surface area contributed by atoms with Crippen molar-refractivity contribution in [3.63, 3.8) is 0 Å². The van der Waals surface area contributed by atoms with E-state index in [0.29, 0.717) is 0 Å². The van der Waals surface area contributed by atoms with E-state index < -0.39 is 48.7 Å². The summed E-state index contributed by atoms with van der Waals surface area (Å²) in [6.45, 7) is -0.760. The molecule has 0 bridgehead atoms. The molecule has 116 valence electrons. The molecule has 10 nitrogen and oxygen atoms in total. The van der Waals surface area contributed by atoms with Crippen LogP contribution in [0.25, 0.3) is 0 Å². The van der Waals surface area contributed by atoms with E-state index in [1.807, 2.05) is 5.32 Å². The standard InChI is InChI=1S/C10H18N2O8/c11-5(14)1-2-6(15)12-10(19)9(18)8(17)7(16)4(3-13)20-10/h4,7-9,13,16-19H,1-3H2,(H2,11,14)(H,12,15)/t4-,7+,8+,9-,10+/m1/s1. The Kier molecular flexibility index (Phi) is 5.39. The number of carbonyl (C=O) groups is 2. The maximum Gasteiger partial charge on any atom is 0.279 e. The fraction of sp³-hybridized carbons (Fsp3) is 0.800. The third kappa shape index (κ3) is 3.62. The van der Waals surface area contributed by atoms with Gasteiger partial charge in [0.25, 0.3) is 5.91 Å². The Morgan fingerprint density at radius 2 is 1.80 bits per heavy atom. The minimum absolute atomic E-state index is 0.285. The van der Waals surface area contributed by atoms with Crippen molar-refractivity contribution in [2.24, 2.45) is 5.73 Å². The second-order valence-electron chi connectivity index (χ2n) is 4.48. The lowest BCUT2D eigenvalue weighted by molar-refractivity contribution is -0.358. The number of aliphatic hydroxyl groups excluding tert-OH is 4. The van der Waals surface area contributed by atoms with Gasteiger partial charge in [0.2, 0.25) is 11.8 Å². The van der Waals surface area contributed by atoms with Crippen LogP contribution in [-0.2, 0) is 14.3 Å². The molecule has 0 aromatic rings. The topological polar surface area (TPSA) is 183 Å². The summed E-state index contributed by atoms with van der Waals surface area (Å²) in [5.74, 6) is -4.30. The molecule has 0 aromatic heterocycles. The number of hydrogen-bond donors (Lipinski definition) is 7. The smallest absolute Gasteiger partial charge is 0.279 e. The molecule has 0 aromatic carbocycles. The van der Waals surface area contributed by atoms with E-state index in [9.17, 15) is 30.0 Å². The first kappa shape index (κ1) is 16.8. The molecule has 0 aliphatic carbocycles. The van der Waals surface area contributed by atoms with Gasteiger partial charge in [0, 0.05) is 12.8 Å². The molecular formula is C10H18N2O8. The molecule has 8 N–H and O–H groups in total. The number of ether oxygens (including phenoxy) is 1. The zero-order chi connectivity index (χ0) is 15.5. The quantitative estimate of drug-likeness (QED) is 0.247. The van der Waals surface area contributed by atoms with Crippen LogP contribution in [-0.4, -0.2) is 74.3 Å². The van der Waals surface area contributed by atoms with Crippen molar-refractivity contribution in [2.75, 3.05) is 6.61 Å². The summed E-state index contributed by atoms with van der Waals surface area (Å²) >= 11 is 0. The molecule has 0 unspecified atom stereocenters. The highest BCUT2D eigenvalue weighted by atomic mass is 16.7. The van der Waals surface area contributed by atoms with Gasteiger partial charge in [-0.15, -0.1) is 0 Å². The monoisotopic (exact) mass is 294 g/mol. The largest absolute Gasteiger partial charge is 0.394 e. The van der Waals surface area contributed by atoms with Crippen molar-refractivity contribution in [1.82, 2.24) is 5.32 Å². The lowest BCUT2D eigenvalue weighted by atomic mass is 9.96. The highest BCUT2D eigenvalue weighted by molar-refractivity contribution is 5.83. The molecule has 1 saturated heterocycles. The van der Waals surface area contributed by atoms with Crippen LogP contribution in [0.15, 0.2) is 0 Å². The predicted octanol–water partition coefficient (Wildman–Crippen LogP) is -4.51. The average molecular weight is 294 g/mol. The van der Waals surface area contributed by atoms with Gasteiger partial charge in [0.15, 0.2) is 6.10 Å². The van der Waals surface area contributed by atoms with Gasteiger partial charge in [0.05, 0.1) is 6.61 Å². The Morgan fingerprint density at radius 1 is 1.20 bits per heavy atom. The van der Waals surface area contributed by atoms with Crippen LogP contribution in [0, 0.1) is 0 Å². The average Bonchev–Trinajstić information content (AvgIpc) is 2.38. The van der Waals surface area contributed by atoms with Crippen LogP contribution in [0.4, 0.5) is 0 Å². The summed E-state index contributed by atoms with van der Waals surface area (Å²) < 4.78 is 4.79. The number of nitrogens with two attached hydrogens (primary N) is 1. The second-order valence-corrected chi connectivity index (χ2v) is 4.48. The molecule has 0 radical (unpaired) electrons. The summed E-state index contributed by atoms with van der Waals surface area (Å²) in [6, 6.07) is 0. The Morgan fingerprint density at radius 3 is 2.30 bits per heavy atom. The number of primary amides is 1. The van der Waals surface area contributed by atoms with Gasteiger partial charge < -0.3 is 41.3 Å². The zero-order valence-corrected chi connectivity index (χ0v) is 10.5. The number of carbonyl (C=O) groups excluding carboxylic acids is 2. The molecular weight excluding hydrogens is 276 g/mol. The van der Waals surface area contributed by atoms with Crippen LogP contribution < -0.4 is 11.1 Å². The molecule has 0 spiro atoms. The molecule has 10 heteroatoms. The Bertz CT molecular complexity index is 376. The molecule has 2 amide bonds.